The second kappa shape index (κ2) is 7.20. The Kier molecular flexibility index (Phi) is 5.90. The molecule has 112 valence electrons. The number of rotatable bonds is 6. The average Bonchev–Trinajstić information content (AvgIpc) is 2.41. The summed E-state index contributed by atoms with van der Waals surface area (Å²) in [6, 6.07) is -0.403. The Labute approximate surface area is 112 Å². The molecule has 0 saturated heterocycles. The maximum absolute atomic E-state index is 13.4. The lowest BCUT2D eigenvalue weighted by molar-refractivity contribution is 0.0873. The molecular formula is C12H13F4NO3. The molecule has 0 aromatic heterocycles. The van der Waals surface area contributed by atoms with E-state index >= 15 is 0 Å². The van der Waals surface area contributed by atoms with E-state index in [-0.39, 0.29) is 25.7 Å². The normalized spacial score (nSPS) is 12.3. The van der Waals surface area contributed by atoms with Crippen LogP contribution in [0.1, 0.15) is 16.8 Å². The quantitative estimate of drug-likeness (QED) is 0.473. The molecule has 8 heteroatoms. The Bertz CT molecular complexity index is 490. The number of aliphatic hydroxyl groups excluding tert-OH is 1. The largest absolute Gasteiger partial charge is 0.396 e. The summed E-state index contributed by atoms with van der Waals surface area (Å²) in [7, 11) is 1.34. The van der Waals surface area contributed by atoms with Crippen molar-refractivity contribution in [1.82, 2.24) is 5.32 Å². The number of hydrogen-bond donors (Lipinski definition) is 2. The van der Waals surface area contributed by atoms with Gasteiger partial charge in [0.1, 0.15) is 0 Å². The zero-order valence-corrected chi connectivity index (χ0v) is 10.6. The lowest BCUT2D eigenvalue weighted by Gasteiger charge is -2.17. The van der Waals surface area contributed by atoms with Crippen molar-refractivity contribution in [1.29, 1.82) is 0 Å². The first-order valence-corrected chi connectivity index (χ1v) is 5.66. The van der Waals surface area contributed by atoms with Gasteiger partial charge in [0, 0.05) is 13.7 Å². The van der Waals surface area contributed by atoms with E-state index in [0.29, 0.717) is 0 Å². The Morgan fingerprint density at radius 2 is 1.95 bits per heavy atom. The molecule has 1 amide bonds. The van der Waals surface area contributed by atoms with E-state index in [1.54, 1.807) is 0 Å². The standard InChI is InChI=1S/C12H13F4NO3/c1-20-5-6(2-3-18)17-12(19)7-4-8(13)10(15)11(16)9(7)14/h4,6,18H,2-3,5H2,1H3,(H,17,19). The summed E-state index contributed by atoms with van der Waals surface area (Å²) in [6.45, 7) is -0.261. The number of amides is 1. The molecule has 1 rings (SSSR count). The third kappa shape index (κ3) is 3.67. The first kappa shape index (κ1) is 16.4. The number of halogens is 4. The molecule has 0 aliphatic heterocycles. The number of carbonyl (C=O) groups is 1. The summed E-state index contributed by atoms with van der Waals surface area (Å²) in [5.74, 6) is -8.61. The molecule has 1 unspecified atom stereocenters. The van der Waals surface area contributed by atoms with Crippen molar-refractivity contribution in [2.75, 3.05) is 20.3 Å². The van der Waals surface area contributed by atoms with E-state index in [9.17, 15) is 22.4 Å². The molecule has 0 bridgehead atoms. The second-order valence-electron chi connectivity index (χ2n) is 3.99. The minimum atomic E-state index is -2.06. The zero-order valence-electron chi connectivity index (χ0n) is 10.6. The van der Waals surface area contributed by atoms with Gasteiger partial charge in [-0.2, -0.15) is 0 Å². The Balaban J connectivity index is 2.97. The highest BCUT2D eigenvalue weighted by Gasteiger charge is 2.24. The average molecular weight is 295 g/mol. The van der Waals surface area contributed by atoms with E-state index in [0.717, 1.165) is 0 Å². The van der Waals surface area contributed by atoms with Crippen LogP contribution in [0.3, 0.4) is 0 Å². The van der Waals surface area contributed by atoms with Crippen LogP contribution < -0.4 is 5.32 Å². The summed E-state index contributed by atoms with van der Waals surface area (Å²) in [5.41, 5.74) is -0.958. The van der Waals surface area contributed by atoms with Gasteiger partial charge in [-0.1, -0.05) is 0 Å². The molecule has 1 aromatic rings. The third-order valence-corrected chi connectivity index (χ3v) is 2.53. The van der Waals surface area contributed by atoms with Crippen LogP contribution in [0.15, 0.2) is 6.07 Å². The van der Waals surface area contributed by atoms with Gasteiger partial charge < -0.3 is 15.2 Å². The Morgan fingerprint density at radius 3 is 2.50 bits per heavy atom. The van der Waals surface area contributed by atoms with Gasteiger partial charge in [0.05, 0.1) is 18.2 Å². The van der Waals surface area contributed by atoms with Crippen LogP contribution in [0.2, 0.25) is 0 Å². The van der Waals surface area contributed by atoms with Gasteiger partial charge in [-0.15, -0.1) is 0 Å². The highest BCUT2D eigenvalue weighted by molar-refractivity contribution is 5.94. The monoisotopic (exact) mass is 295 g/mol. The zero-order chi connectivity index (χ0) is 15.3. The molecule has 0 radical (unpaired) electrons. The van der Waals surface area contributed by atoms with Crippen LogP contribution >= 0.6 is 0 Å². The van der Waals surface area contributed by atoms with Crippen LogP contribution in [-0.2, 0) is 4.74 Å². The van der Waals surface area contributed by atoms with E-state index in [1.165, 1.54) is 7.11 Å². The molecule has 1 aromatic carbocycles. The van der Waals surface area contributed by atoms with Crippen molar-refractivity contribution < 1.29 is 32.2 Å². The molecule has 4 nitrogen and oxygen atoms in total. The number of nitrogens with one attached hydrogen (secondary N) is 1. The van der Waals surface area contributed by atoms with E-state index in [4.69, 9.17) is 9.84 Å². The molecule has 0 aliphatic carbocycles. The number of benzene rings is 1. The summed E-state index contributed by atoms with van der Waals surface area (Å²) in [5, 5.41) is 11.0. The number of carbonyl (C=O) groups excluding carboxylic acids is 1. The van der Waals surface area contributed by atoms with Gasteiger partial charge in [-0.3, -0.25) is 4.79 Å². The van der Waals surface area contributed by atoms with Gasteiger partial charge in [0.2, 0.25) is 0 Å². The summed E-state index contributed by atoms with van der Waals surface area (Å²) in [4.78, 5) is 11.7. The summed E-state index contributed by atoms with van der Waals surface area (Å²) in [6.07, 6.45) is 0.105. The fourth-order valence-corrected chi connectivity index (χ4v) is 1.56. The van der Waals surface area contributed by atoms with Crippen LogP contribution in [-0.4, -0.2) is 37.4 Å². The number of methoxy groups -OCH3 is 1. The molecule has 20 heavy (non-hydrogen) atoms. The van der Waals surface area contributed by atoms with Crippen molar-refractivity contribution in [3.05, 3.63) is 34.9 Å². The fraction of sp³-hybridized carbons (Fsp3) is 0.417. The van der Waals surface area contributed by atoms with Crippen molar-refractivity contribution in [3.8, 4) is 0 Å². The smallest absolute Gasteiger partial charge is 0.254 e. The predicted octanol–water partition coefficient (Wildman–Crippen LogP) is 1.37. The van der Waals surface area contributed by atoms with Gasteiger partial charge >= 0.3 is 0 Å². The van der Waals surface area contributed by atoms with Crippen molar-refractivity contribution in [3.63, 3.8) is 0 Å². The first-order valence-electron chi connectivity index (χ1n) is 5.66. The third-order valence-electron chi connectivity index (χ3n) is 2.53. The first-order chi connectivity index (χ1) is 9.42. The van der Waals surface area contributed by atoms with Crippen LogP contribution in [0, 0.1) is 23.3 Å². The summed E-state index contributed by atoms with van der Waals surface area (Å²) < 4.78 is 56.9. The van der Waals surface area contributed by atoms with Crippen molar-refractivity contribution >= 4 is 5.91 Å². The maximum atomic E-state index is 13.4. The molecule has 0 fully saturated rings. The van der Waals surface area contributed by atoms with E-state index in [1.807, 2.05) is 0 Å². The van der Waals surface area contributed by atoms with Crippen LogP contribution in [0.4, 0.5) is 17.6 Å². The van der Waals surface area contributed by atoms with Gasteiger partial charge in [-0.25, -0.2) is 17.6 Å². The number of ether oxygens (including phenoxy) is 1. The second-order valence-corrected chi connectivity index (χ2v) is 3.99. The fourth-order valence-electron chi connectivity index (χ4n) is 1.56. The highest BCUT2D eigenvalue weighted by atomic mass is 19.2. The predicted molar refractivity (Wildman–Crippen MR) is 61.1 cm³/mol. The molecule has 2 N–H and O–H groups in total. The number of aliphatic hydroxyl groups is 1. The minimum Gasteiger partial charge on any atom is -0.396 e. The van der Waals surface area contributed by atoms with Crippen molar-refractivity contribution in [2.24, 2.45) is 0 Å². The molecule has 0 spiro atoms. The highest BCUT2D eigenvalue weighted by Crippen LogP contribution is 2.18. The summed E-state index contributed by atoms with van der Waals surface area (Å²) >= 11 is 0. The van der Waals surface area contributed by atoms with E-state index < -0.39 is 40.8 Å². The Morgan fingerprint density at radius 1 is 1.30 bits per heavy atom. The van der Waals surface area contributed by atoms with Gasteiger partial charge in [0.25, 0.3) is 5.91 Å². The molecule has 0 aliphatic rings. The lowest BCUT2D eigenvalue weighted by Crippen LogP contribution is -2.39. The van der Waals surface area contributed by atoms with Crippen LogP contribution in [0.25, 0.3) is 0 Å². The lowest BCUT2D eigenvalue weighted by atomic mass is 10.1. The number of hydrogen-bond acceptors (Lipinski definition) is 3. The minimum absolute atomic E-state index is 0.0140. The van der Waals surface area contributed by atoms with Crippen LogP contribution in [0.5, 0.6) is 0 Å². The van der Waals surface area contributed by atoms with E-state index in [2.05, 4.69) is 5.32 Å². The van der Waals surface area contributed by atoms with Crippen molar-refractivity contribution in [2.45, 2.75) is 12.5 Å². The molecule has 0 saturated carbocycles. The molecule has 0 heterocycles. The maximum Gasteiger partial charge on any atom is 0.254 e. The molecule has 1 atom stereocenters. The SMILES string of the molecule is COCC(CCO)NC(=O)c1cc(F)c(F)c(F)c1F. The molecular weight excluding hydrogens is 282 g/mol. The van der Waals surface area contributed by atoms with Gasteiger partial charge in [-0.05, 0) is 12.5 Å². The topological polar surface area (TPSA) is 58.6 Å². The van der Waals surface area contributed by atoms with Gasteiger partial charge in [0.15, 0.2) is 23.3 Å². The Hall–Kier alpha value is -1.67.